The van der Waals surface area contributed by atoms with E-state index in [0.29, 0.717) is 4.83 Å². The lowest BCUT2D eigenvalue weighted by atomic mass is 10.3. The average Bonchev–Trinajstić information content (AvgIpc) is 1.67. The second kappa shape index (κ2) is 3.73. The molecule has 0 aliphatic rings. The van der Waals surface area contributed by atoms with Crippen LogP contribution in [0.15, 0.2) is 0 Å². The van der Waals surface area contributed by atoms with Gasteiger partial charge in [-0.25, -0.2) is 0 Å². The van der Waals surface area contributed by atoms with Crippen LogP contribution in [0.4, 0.5) is 0 Å². The van der Waals surface area contributed by atoms with Gasteiger partial charge in [0.2, 0.25) is 0 Å². The third-order valence-corrected chi connectivity index (χ3v) is 1.77. The van der Waals surface area contributed by atoms with Crippen LogP contribution in [-0.2, 0) is 0 Å². The van der Waals surface area contributed by atoms with Gasteiger partial charge < -0.3 is 5.32 Å². The van der Waals surface area contributed by atoms with Crippen LogP contribution >= 0.6 is 15.9 Å². The molecule has 0 aromatic heterocycles. The second-order valence-electron chi connectivity index (χ2n) is 1.72. The maximum absolute atomic E-state index is 8.10. The molecule has 2 unspecified atom stereocenters. The summed E-state index contributed by atoms with van der Waals surface area (Å²) in [4.78, 5) is 0.349. The lowest BCUT2D eigenvalue weighted by molar-refractivity contribution is 0.648. The Morgan fingerprint density at radius 3 is 2.25 bits per heavy atom. The van der Waals surface area contributed by atoms with E-state index in [-0.39, 0.29) is 6.04 Å². The number of hydrogen-bond donors (Lipinski definition) is 1. The van der Waals surface area contributed by atoms with Crippen LogP contribution in [0.1, 0.15) is 13.8 Å². The summed E-state index contributed by atoms with van der Waals surface area (Å²) in [6, 6.07) is 0.222. The molecule has 0 aliphatic heterocycles. The van der Waals surface area contributed by atoms with E-state index >= 15 is 0 Å². The zero-order valence-corrected chi connectivity index (χ0v) is 6.57. The highest BCUT2D eigenvalue weighted by Crippen LogP contribution is 2.01. The van der Waals surface area contributed by atoms with E-state index in [1.54, 1.807) is 0 Å². The van der Waals surface area contributed by atoms with Gasteiger partial charge in [0.25, 0.3) is 0 Å². The molecular weight excluding hydrogens is 168 g/mol. The first-order valence-electron chi connectivity index (χ1n) is 2.47. The molecule has 0 saturated carbocycles. The third kappa shape index (κ3) is 2.86. The molecule has 0 spiro atoms. The lowest BCUT2D eigenvalue weighted by Crippen LogP contribution is -2.28. The Morgan fingerprint density at radius 1 is 1.62 bits per heavy atom. The van der Waals surface area contributed by atoms with E-state index in [1.807, 2.05) is 20.0 Å². The predicted molar refractivity (Wildman–Crippen MR) is 36.6 cm³/mol. The van der Waals surface area contributed by atoms with Crippen LogP contribution in [0.3, 0.4) is 0 Å². The summed E-state index contributed by atoms with van der Waals surface area (Å²) in [6.07, 6.45) is 1.87. The van der Waals surface area contributed by atoms with Gasteiger partial charge in [0.05, 0.1) is 0 Å². The molecule has 0 fully saturated rings. The van der Waals surface area contributed by atoms with Crippen molar-refractivity contribution in [1.29, 1.82) is 5.26 Å². The molecule has 0 aromatic rings. The highest BCUT2D eigenvalue weighted by atomic mass is 79.9. The standard InChI is InChI=1S/C5H9BrN2/c1-4(6)5(2)8-3-7/h4-5,8H,1-2H3. The minimum Gasteiger partial charge on any atom is -0.320 e. The lowest BCUT2D eigenvalue weighted by Gasteiger charge is -2.09. The molecule has 0 bridgehead atoms. The number of halogens is 1. The fourth-order valence-corrected chi connectivity index (χ4v) is 0.349. The molecule has 0 saturated heterocycles. The smallest absolute Gasteiger partial charge is 0.176 e. The largest absolute Gasteiger partial charge is 0.320 e. The summed E-state index contributed by atoms with van der Waals surface area (Å²) in [5.41, 5.74) is 0. The van der Waals surface area contributed by atoms with E-state index in [1.165, 1.54) is 0 Å². The van der Waals surface area contributed by atoms with Crippen LogP contribution in [0.5, 0.6) is 0 Å². The second-order valence-corrected chi connectivity index (χ2v) is 3.17. The van der Waals surface area contributed by atoms with Gasteiger partial charge in [0.1, 0.15) is 0 Å². The summed E-state index contributed by atoms with van der Waals surface area (Å²) in [6.45, 7) is 3.94. The van der Waals surface area contributed by atoms with E-state index in [2.05, 4.69) is 21.2 Å². The number of alkyl halides is 1. The average molecular weight is 177 g/mol. The van der Waals surface area contributed by atoms with Crippen molar-refractivity contribution in [2.45, 2.75) is 24.7 Å². The predicted octanol–water partition coefficient (Wildman–Crippen LogP) is 1.23. The van der Waals surface area contributed by atoms with Crippen LogP contribution < -0.4 is 5.32 Å². The molecule has 0 heterocycles. The van der Waals surface area contributed by atoms with Crippen molar-refractivity contribution in [2.75, 3.05) is 0 Å². The maximum Gasteiger partial charge on any atom is 0.176 e. The number of nitriles is 1. The zero-order valence-electron chi connectivity index (χ0n) is 4.98. The molecule has 8 heavy (non-hydrogen) atoms. The molecule has 2 nitrogen and oxygen atoms in total. The first kappa shape index (κ1) is 7.77. The van der Waals surface area contributed by atoms with Crippen molar-refractivity contribution in [3.8, 4) is 6.19 Å². The Bertz CT molecular complexity index is 95.1. The third-order valence-electron chi connectivity index (χ3n) is 0.981. The first-order chi connectivity index (χ1) is 3.68. The van der Waals surface area contributed by atoms with Crippen molar-refractivity contribution in [3.63, 3.8) is 0 Å². The Morgan fingerprint density at radius 2 is 2.12 bits per heavy atom. The molecule has 0 amide bonds. The number of hydrogen-bond acceptors (Lipinski definition) is 2. The van der Waals surface area contributed by atoms with Gasteiger partial charge in [-0.15, -0.1) is 0 Å². The normalized spacial score (nSPS) is 16.2. The Hall–Kier alpha value is -0.230. The Labute approximate surface area is 58.0 Å². The Kier molecular flexibility index (Phi) is 3.63. The van der Waals surface area contributed by atoms with Crippen LogP contribution in [0.25, 0.3) is 0 Å². The summed E-state index contributed by atoms with van der Waals surface area (Å²) < 4.78 is 0. The van der Waals surface area contributed by atoms with Crippen molar-refractivity contribution in [1.82, 2.24) is 5.32 Å². The molecular formula is C5H9BrN2. The van der Waals surface area contributed by atoms with Gasteiger partial charge in [0, 0.05) is 10.9 Å². The van der Waals surface area contributed by atoms with Crippen molar-refractivity contribution in [2.24, 2.45) is 0 Å². The minimum absolute atomic E-state index is 0.222. The molecule has 2 atom stereocenters. The summed E-state index contributed by atoms with van der Waals surface area (Å²) >= 11 is 3.33. The molecule has 0 aliphatic carbocycles. The molecule has 0 rings (SSSR count). The maximum atomic E-state index is 8.10. The van der Waals surface area contributed by atoms with Crippen molar-refractivity contribution >= 4 is 15.9 Å². The van der Waals surface area contributed by atoms with Gasteiger partial charge in [-0.3, -0.25) is 0 Å². The van der Waals surface area contributed by atoms with Crippen LogP contribution in [0.2, 0.25) is 0 Å². The zero-order chi connectivity index (χ0) is 6.57. The summed E-state index contributed by atoms with van der Waals surface area (Å²) in [5.74, 6) is 0. The van der Waals surface area contributed by atoms with Gasteiger partial charge >= 0.3 is 0 Å². The monoisotopic (exact) mass is 176 g/mol. The fraction of sp³-hybridized carbons (Fsp3) is 0.800. The van der Waals surface area contributed by atoms with Crippen LogP contribution in [-0.4, -0.2) is 10.9 Å². The highest BCUT2D eigenvalue weighted by Gasteiger charge is 2.04. The van der Waals surface area contributed by atoms with E-state index in [9.17, 15) is 0 Å². The van der Waals surface area contributed by atoms with Gasteiger partial charge in [-0.1, -0.05) is 22.9 Å². The first-order valence-corrected chi connectivity index (χ1v) is 3.38. The van der Waals surface area contributed by atoms with E-state index < -0.39 is 0 Å². The van der Waals surface area contributed by atoms with Gasteiger partial charge in [-0.2, -0.15) is 5.26 Å². The van der Waals surface area contributed by atoms with Gasteiger partial charge in [-0.05, 0) is 6.92 Å². The minimum atomic E-state index is 0.222. The SMILES string of the molecule is CC(Br)C(C)NC#N. The molecule has 0 aromatic carbocycles. The topological polar surface area (TPSA) is 35.8 Å². The molecule has 1 N–H and O–H groups in total. The summed E-state index contributed by atoms with van der Waals surface area (Å²) in [7, 11) is 0. The van der Waals surface area contributed by atoms with Crippen LogP contribution in [0, 0.1) is 11.5 Å². The quantitative estimate of drug-likeness (QED) is 0.391. The van der Waals surface area contributed by atoms with Crippen molar-refractivity contribution < 1.29 is 0 Å². The van der Waals surface area contributed by atoms with E-state index in [4.69, 9.17) is 5.26 Å². The van der Waals surface area contributed by atoms with E-state index in [0.717, 1.165) is 0 Å². The number of nitrogens with zero attached hydrogens (tertiary/aromatic N) is 1. The highest BCUT2D eigenvalue weighted by molar-refractivity contribution is 9.09. The molecule has 3 heteroatoms. The van der Waals surface area contributed by atoms with Gasteiger partial charge in [0.15, 0.2) is 6.19 Å². The summed E-state index contributed by atoms with van der Waals surface area (Å²) in [5, 5.41) is 10.7. The molecule has 0 radical (unpaired) electrons. The fourth-order valence-electron chi connectivity index (χ4n) is 0.217. The Balaban J connectivity index is 3.35. The number of rotatable bonds is 2. The molecule has 46 valence electrons. The van der Waals surface area contributed by atoms with Crippen molar-refractivity contribution in [3.05, 3.63) is 0 Å². The number of nitrogens with one attached hydrogen (secondary N) is 1.